The van der Waals surface area contributed by atoms with E-state index in [1.165, 1.54) is 12.1 Å². The van der Waals surface area contributed by atoms with Gasteiger partial charge >= 0.3 is 6.18 Å². The van der Waals surface area contributed by atoms with Gasteiger partial charge < -0.3 is 5.32 Å². The summed E-state index contributed by atoms with van der Waals surface area (Å²) in [4.78, 5) is 3.47. The van der Waals surface area contributed by atoms with Crippen molar-refractivity contribution in [1.29, 1.82) is 0 Å². The van der Waals surface area contributed by atoms with Crippen LogP contribution in [-0.4, -0.2) is 56.8 Å². The van der Waals surface area contributed by atoms with Gasteiger partial charge in [0.25, 0.3) is 10.0 Å². The number of fused-ring (bicyclic) bond motifs is 1. The number of amidine groups is 1. The molecule has 2 aromatic carbocycles. The summed E-state index contributed by atoms with van der Waals surface area (Å²) >= 11 is 0. The van der Waals surface area contributed by atoms with E-state index < -0.39 is 33.4 Å². The standard InChI is InChI=1S/C20H19F5N4O2S/c21-15-5-4-14(20(23,24)25)10-13(15)11-28-6-8-29(9-7-28)12-18-26-19-16(22)2-1-3-17(19)32(30,31)27-18/h1-5,10H,6-9,11-12H2,(H,26,27). The highest BCUT2D eigenvalue weighted by atomic mass is 32.2. The molecule has 0 aliphatic carbocycles. The smallest absolute Gasteiger partial charge is 0.338 e. The molecule has 1 N–H and O–H groups in total. The van der Waals surface area contributed by atoms with E-state index >= 15 is 0 Å². The number of nitrogens with one attached hydrogen (secondary N) is 1. The minimum Gasteiger partial charge on any atom is -0.338 e. The van der Waals surface area contributed by atoms with Crippen LogP contribution in [0.5, 0.6) is 0 Å². The Kier molecular flexibility index (Phi) is 5.94. The SMILES string of the molecule is O=S1(=O)N=C(CN2CCN(Cc3cc(C(F)(F)F)ccc3F)CC2)Nc2c(F)cccc21. The quantitative estimate of drug-likeness (QED) is 0.689. The van der Waals surface area contributed by atoms with Crippen molar-refractivity contribution in [2.45, 2.75) is 17.6 Å². The number of para-hydroxylation sites is 1. The van der Waals surface area contributed by atoms with Gasteiger partial charge in [-0.15, -0.1) is 4.40 Å². The summed E-state index contributed by atoms with van der Waals surface area (Å²) in [6.45, 7) is 1.91. The largest absolute Gasteiger partial charge is 0.416 e. The van der Waals surface area contributed by atoms with Crippen molar-refractivity contribution in [3.63, 3.8) is 0 Å². The molecule has 12 heteroatoms. The normalized spacial score (nSPS) is 19.2. The van der Waals surface area contributed by atoms with Crippen LogP contribution in [0.25, 0.3) is 0 Å². The van der Waals surface area contributed by atoms with Crippen LogP contribution in [0, 0.1) is 11.6 Å². The van der Waals surface area contributed by atoms with Crippen molar-refractivity contribution in [2.24, 2.45) is 4.40 Å². The summed E-state index contributed by atoms with van der Waals surface area (Å²) in [6.07, 6.45) is -4.55. The van der Waals surface area contributed by atoms with E-state index in [0.717, 1.165) is 18.2 Å². The third-order valence-corrected chi connectivity index (χ3v) is 6.71. The van der Waals surface area contributed by atoms with E-state index in [-0.39, 0.29) is 35.1 Å². The molecular weight excluding hydrogens is 455 g/mol. The fraction of sp³-hybridized carbons (Fsp3) is 0.350. The Hall–Kier alpha value is -2.57. The highest BCUT2D eigenvalue weighted by Gasteiger charge is 2.32. The van der Waals surface area contributed by atoms with Crippen LogP contribution in [0.4, 0.5) is 27.6 Å². The van der Waals surface area contributed by atoms with Crippen molar-refractivity contribution in [2.75, 3.05) is 38.0 Å². The zero-order chi connectivity index (χ0) is 23.1. The summed E-state index contributed by atoms with van der Waals surface area (Å²) in [5.41, 5.74) is -1.08. The van der Waals surface area contributed by atoms with Gasteiger partial charge in [-0.3, -0.25) is 9.80 Å². The molecule has 0 atom stereocenters. The van der Waals surface area contributed by atoms with E-state index in [1.54, 1.807) is 0 Å². The number of piperazine rings is 1. The number of halogens is 5. The van der Waals surface area contributed by atoms with Gasteiger partial charge in [0, 0.05) is 38.3 Å². The molecule has 2 aromatic rings. The first kappa shape index (κ1) is 22.6. The molecule has 2 heterocycles. The maximum atomic E-state index is 14.1. The molecule has 0 amide bonds. The number of sulfonamides is 1. The lowest BCUT2D eigenvalue weighted by Crippen LogP contribution is -2.48. The van der Waals surface area contributed by atoms with Gasteiger partial charge in [-0.25, -0.2) is 8.78 Å². The van der Waals surface area contributed by atoms with Gasteiger partial charge in [-0.1, -0.05) is 6.07 Å². The van der Waals surface area contributed by atoms with Gasteiger partial charge in [0.15, 0.2) is 0 Å². The fourth-order valence-electron chi connectivity index (χ4n) is 3.70. The minimum absolute atomic E-state index is 0.0236. The Balaban J connectivity index is 1.38. The van der Waals surface area contributed by atoms with E-state index in [2.05, 4.69) is 9.71 Å². The predicted molar refractivity (Wildman–Crippen MR) is 108 cm³/mol. The molecule has 1 saturated heterocycles. The van der Waals surface area contributed by atoms with Gasteiger partial charge in [-0.05, 0) is 30.3 Å². The first-order valence-corrected chi connectivity index (χ1v) is 11.2. The van der Waals surface area contributed by atoms with Crippen LogP contribution < -0.4 is 5.32 Å². The molecule has 0 spiro atoms. The summed E-state index contributed by atoms with van der Waals surface area (Å²) < 4.78 is 95.1. The van der Waals surface area contributed by atoms with E-state index in [4.69, 9.17) is 0 Å². The predicted octanol–water partition coefficient (Wildman–Crippen LogP) is 3.31. The van der Waals surface area contributed by atoms with Crippen LogP contribution in [0.2, 0.25) is 0 Å². The zero-order valence-electron chi connectivity index (χ0n) is 16.7. The average molecular weight is 474 g/mol. The minimum atomic E-state index is -4.55. The number of rotatable bonds is 4. The van der Waals surface area contributed by atoms with Gasteiger partial charge in [-0.2, -0.15) is 21.6 Å². The maximum Gasteiger partial charge on any atom is 0.416 e. The Morgan fingerprint density at radius 1 is 0.938 bits per heavy atom. The maximum absolute atomic E-state index is 14.1. The highest BCUT2D eigenvalue weighted by Crippen LogP contribution is 2.31. The van der Waals surface area contributed by atoms with Crippen molar-refractivity contribution in [3.05, 3.63) is 59.2 Å². The topological polar surface area (TPSA) is 65.0 Å². The third kappa shape index (κ3) is 4.76. The Morgan fingerprint density at radius 2 is 1.59 bits per heavy atom. The number of hydrogen-bond acceptors (Lipinski definition) is 5. The first-order chi connectivity index (χ1) is 15.0. The summed E-state index contributed by atoms with van der Waals surface area (Å²) in [6, 6.07) is 6.06. The monoisotopic (exact) mass is 474 g/mol. The summed E-state index contributed by atoms with van der Waals surface area (Å²) in [5, 5.41) is 2.73. The molecule has 2 aliphatic heterocycles. The Labute approximate surface area is 181 Å². The Morgan fingerprint density at radius 3 is 2.25 bits per heavy atom. The van der Waals surface area contributed by atoms with Gasteiger partial charge in [0.1, 0.15) is 22.4 Å². The van der Waals surface area contributed by atoms with Crippen LogP contribution in [-0.2, 0) is 22.7 Å². The second kappa shape index (κ2) is 8.41. The fourth-order valence-corrected chi connectivity index (χ4v) is 4.85. The van der Waals surface area contributed by atoms with Crippen molar-refractivity contribution in [3.8, 4) is 0 Å². The Bertz CT molecular complexity index is 1160. The first-order valence-electron chi connectivity index (χ1n) is 9.73. The van der Waals surface area contributed by atoms with Crippen LogP contribution in [0.1, 0.15) is 11.1 Å². The van der Waals surface area contributed by atoms with Crippen LogP contribution in [0.15, 0.2) is 45.7 Å². The van der Waals surface area contributed by atoms with E-state index in [0.29, 0.717) is 32.2 Å². The zero-order valence-corrected chi connectivity index (χ0v) is 17.5. The second-order valence-electron chi connectivity index (χ2n) is 7.61. The molecule has 6 nitrogen and oxygen atoms in total. The van der Waals surface area contributed by atoms with Crippen LogP contribution >= 0.6 is 0 Å². The van der Waals surface area contributed by atoms with Crippen molar-refractivity contribution in [1.82, 2.24) is 9.80 Å². The molecule has 2 aliphatic rings. The molecule has 0 aromatic heterocycles. The molecule has 172 valence electrons. The third-order valence-electron chi connectivity index (χ3n) is 5.36. The highest BCUT2D eigenvalue weighted by molar-refractivity contribution is 7.90. The molecule has 0 saturated carbocycles. The molecule has 0 radical (unpaired) electrons. The molecule has 32 heavy (non-hydrogen) atoms. The number of alkyl halides is 3. The van der Waals surface area contributed by atoms with Gasteiger partial charge in [0.05, 0.1) is 17.8 Å². The van der Waals surface area contributed by atoms with Crippen molar-refractivity contribution >= 4 is 21.5 Å². The number of hydrogen-bond donors (Lipinski definition) is 1. The molecule has 0 bridgehead atoms. The molecule has 4 rings (SSSR count). The number of benzene rings is 2. The van der Waals surface area contributed by atoms with E-state index in [9.17, 15) is 30.4 Å². The number of anilines is 1. The molecular formula is C20H19F5N4O2S. The summed E-state index contributed by atoms with van der Waals surface area (Å²) in [5.74, 6) is -1.32. The molecule has 0 unspecified atom stereocenters. The average Bonchev–Trinajstić information content (AvgIpc) is 2.71. The van der Waals surface area contributed by atoms with Gasteiger partial charge in [0.2, 0.25) is 0 Å². The molecule has 1 fully saturated rings. The van der Waals surface area contributed by atoms with E-state index in [1.807, 2.05) is 9.80 Å². The lowest BCUT2D eigenvalue weighted by Gasteiger charge is -2.35. The van der Waals surface area contributed by atoms with Crippen molar-refractivity contribution < 1.29 is 30.4 Å². The second-order valence-corrected chi connectivity index (χ2v) is 9.18. The number of nitrogens with zero attached hydrogens (tertiary/aromatic N) is 3. The lowest BCUT2D eigenvalue weighted by atomic mass is 10.1. The summed E-state index contributed by atoms with van der Waals surface area (Å²) in [7, 11) is -4.02. The van der Waals surface area contributed by atoms with Crippen LogP contribution in [0.3, 0.4) is 0 Å². The lowest BCUT2D eigenvalue weighted by molar-refractivity contribution is -0.137.